The average molecular weight is 434 g/mol. The highest BCUT2D eigenvalue weighted by molar-refractivity contribution is 7.51. The monoisotopic (exact) mass is 433 g/mol. The lowest BCUT2D eigenvalue weighted by molar-refractivity contribution is -0.0355. The van der Waals surface area contributed by atoms with Gasteiger partial charge in [0.2, 0.25) is 5.28 Å². The Morgan fingerprint density at radius 1 is 1.21 bits per heavy atom. The standard InChI is InChI=1S/C15H21ClN5O6P/c16-15-18-12(20-4-1-2-5-20)9-13(19-15)21(7-17-9)14-11(23)10(22)8(27-14)3-6-28(24,25)26/h7-8,10-11,14,22-23H,1-6H2,(H2,24,25,26)/t8-,10?,11?,14-/m1/s1. The summed E-state index contributed by atoms with van der Waals surface area (Å²) in [6.07, 6.45) is -1.59. The lowest BCUT2D eigenvalue weighted by atomic mass is 10.1. The van der Waals surface area contributed by atoms with Crippen LogP contribution in [0.2, 0.25) is 5.28 Å². The molecule has 0 amide bonds. The van der Waals surface area contributed by atoms with E-state index >= 15 is 0 Å². The minimum atomic E-state index is -4.24. The van der Waals surface area contributed by atoms with E-state index in [1.165, 1.54) is 10.9 Å². The van der Waals surface area contributed by atoms with Crippen LogP contribution >= 0.6 is 19.2 Å². The van der Waals surface area contributed by atoms with Crippen LogP contribution in [0, 0.1) is 0 Å². The summed E-state index contributed by atoms with van der Waals surface area (Å²) in [5.41, 5.74) is 0.865. The van der Waals surface area contributed by atoms with Gasteiger partial charge in [0.05, 0.1) is 18.6 Å². The highest BCUT2D eigenvalue weighted by Gasteiger charge is 2.44. The van der Waals surface area contributed by atoms with Crippen LogP contribution in [-0.4, -0.2) is 77.1 Å². The van der Waals surface area contributed by atoms with Crippen molar-refractivity contribution in [2.45, 2.75) is 43.8 Å². The van der Waals surface area contributed by atoms with Gasteiger partial charge in [0.1, 0.15) is 12.2 Å². The fraction of sp³-hybridized carbons (Fsp3) is 0.667. The number of anilines is 1. The van der Waals surface area contributed by atoms with Crippen molar-refractivity contribution in [1.29, 1.82) is 0 Å². The van der Waals surface area contributed by atoms with Crippen LogP contribution in [0.3, 0.4) is 0 Å². The number of hydrogen-bond acceptors (Lipinski definition) is 8. The van der Waals surface area contributed by atoms with Gasteiger partial charge in [0, 0.05) is 13.1 Å². The number of rotatable bonds is 5. The normalized spacial score (nSPS) is 28.5. The fourth-order valence-corrected chi connectivity index (χ4v) is 4.46. The van der Waals surface area contributed by atoms with Gasteiger partial charge in [-0.1, -0.05) is 0 Å². The second-order valence-electron chi connectivity index (χ2n) is 7.06. The summed E-state index contributed by atoms with van der Waals surface area (Å²) in [6.45, 7) is 1.67. The molecule has 2 saturated heterocycles. The zero-order valence-corrected chi connectivity index (χ0v) is 16.4. The Morgan fingerprint density at radius 3 is 2.61 bits per heavy atom. The second-order valence-corrected chi connectivity index (χ2v) is 9.17. The summed E-state index contributed by atoms with van der Waals surface area (Å²) in [4.78, 5) is 33.0. The molecule has 2 fully saturated rings. The zero-order valence-electron chi connectivity index (χ0n) is 14.8. The van der Waals surface area contributed by atoms with E-state index in [0.29, 0.717) is 17.0 Å². The Kier molecular flexibility index (Phi) is 5.34. The summed E-state index contributed by atoms with van der Waals surface area (Å²) in [6, 6.07) is 0. The van der Waals surface area contributed by atoms with Crippen molar-refractivity contribution < 1.29 is 29.3 Å². The van der Waals surface area contributed by atoms with E-state index in [0.717, 1.165) is 25.9 Å². The zero-order chi connectivity index (χ0) is 20.1. The van der Waals surface area contributed by atoms with E-state index in [2.05, 4.69) is 19.9 Å². The smallest absolute Gasteiger partial charge is 0.325 e. The average Bonchev–Trinajstić information content (AvgIpc) is 3.34. The lowest BCUT2D eigenvalue weighted by Crippen LogP contribution is -2.32. The molecular formula is C15H21ClN5O6P. The highest BCUT2D eigenvalue weighted by Crippen LogP contribution is 2.40. The maximum absolute atomic E-state index is 11.1. The van der Waals surface area contributed by atoms with Crippen molar-refractivity contribution >= 4 is 36.2 Å². The van der Waals surface area contributed by atoms with Crippen molar-refractivity contribution in [3.8, 4) is 0 Å². The molecule has 0 radical (unpaired) electrons. The third-order valence-electron chi connectivity index (χ3n) is 5.10. The molecule has 2 aromatic rings. The Balaban J connectivity index is 1.65. The van der Waals surface area contributed by atoms with Gasteiger partial charge >= 0.3 is 7.60 Å². The summed E-state index contributed by atoms with van der Waals surface area (Å²) in [5, 5.41) is 20.7. The minimum Gasteiger partial charge on any atom is -0.388 e. The molecule has 0 bridgehead atoms. The van der Waals surface area contributed by atoms with Crippen LogP contribution in [0.1, 0.15) is 25.5 Å². The number of aliphatic hydroxyl groups is 2. The molecular weight excluding hydrogens is 413 g/mol. The van der Waals surface area contributed by atoms with E-state index in [1.807, 2.05) is 0 Å². The van der Waals surface area contributed by atoms with Gasteiger partial charge in [-0.15, -0.1) is 0 Å². The number of hydrogen-bond donors (Lipinski definition) is 4. The van der Waals surface area contributed by atoms with Crippen LogP contribution in [0.25, 0.3) is 11.2 Å². The largest absolute Gasteiger partial charge is 0.388 e. The third-order valence-corrected chi connectivity index (χ3v) is 6.11. The molecule has 4 N–H and O–H groups in total. The number of aromatic nitrogens is 4. The topological polar surface area (TPSA) is 154 Å². The Morgan fingerprint density at radius 2 is 1.93 bits per heavy atom. The molecule has 2 aliphatic rings. The number of imidazole rings is 1. The van der Waals surface area contributed by atoms with Gasteiger partial charge in [-0.2, -0.15) is 9.97 Å². The summed E-state index contributed by atoms with van der Waals surface area (Å²) < 4.78 is 18.3. The number of ether oxygens (including phenoxy) is 1. The number of nitrogens with zero attached hydrogens (tertiary/aromatic N) is 5. The van der Waals surface area contributed by atoms with E-state index in [4.69, 9.17) is 26.1 Å². The van der Waals surface area contributed by atoms with Crippen molar-refractivity contribution in [2.75, 3.05) is 24.2 Å². The third kappa shape index (κ3) is 3.76. The van der Waals surface area contributed by atoms with Gasteiger partial charge < -0.3 is 29.6 Å². The Bertz CT molecular complexity index is 916. The van der Waals surface area contributed by atoms with Gasteiger partial charge in [-0.25, -0.2) is 4.98 Å². The number of fused-ring (bicyclic) bond motifs is 1. The van der Waals surface area contributed by atoms with Gasteiger partial charge in [0.15, 0.2) is 23.2 Å². The van der Waals surface area contributed by atoms with Crippen molar-refractivity contribution in [3.05, 3.63) is 11.6 Å². The summed E-state index contributed by atoms with van der Waals surface area (Å²) in [5.74, 6) is 0.609. The van der Waals surface area contributed by atoms with Crippen LogP contribution in [0.15, 0.2) is 6.33 Å². The molecule has 154 valence electrons. The predicted molar refractivity (Wildman–Crippen MR) is 99.2 cm³/mol. The molecule has 13 heteroatoms. The molecule has 0 aromatic carbocycles. The molecule has 4 atom stereocenters. The SMILES string of the molecule is O=P(O)(O)CC[C@H]1O[C@@H](n2cnc3c(N4CCCC4)nc(Cl)nc32)C(O)C1O. The first kappa shape index (κ1) is 20.0. The van der Waals surface area contributed by atoms with Gasteiger partial charge in [-0.3, -0.25) is 9.13 Å². The molecule has 0 saturated carbocycles. The van der Waals surface area contributed by atoms with Crippen LogP contribution < -0.4 is 4.90 Å². The fourth-order valence-electron chi connectivity index (χ4n) is 3.70. The molecule has 4 heterocycles. The highest BCUT2D eigenvalue weighted by atomic mass is 35.5. The van der Waals surface area contributed by atoms with E-state index < -0.39 is 38.3 Å². The first-order valence-electron chi connectivity index (χ1n) is 8.96. The van der Waals surface area contributed by atoms with Crippen LogP contribution in [-0.2, 0) is 9.30 Å². The lowest BCUT2D eigenvalue weighted by Gasteiger charge is -2.18. The quantitative estimate of drug-likeness (QED) is 0.381. The summed E-state index contributed by atoms with van der Waals surface area (Å²) >= 11 is 6.10. The van der Waals surface area contributed by atoms with Gasteiger partial charge in [-0.05, 0) is 30.9 Å². The molecule has 0 aliphatic carbocycles. The maximum atomic E-state index is 11.1. The second kappa shape index (κ2) is 7.49. The molecule has 11 nitrogen and oxygen atoms in total. The van der Waals surface area contributed by atoms with Crippen molar-refractivity contribution in [1.82, 2.24) is 19.5 Å². The number of aliphatic hydroxyl groups excluding tert-OH is 2. The maximum Gasteiger partial charge on any atom is 0.325 e. The van der Waals surface area contributed by atoms with Gasteiger partial charge in [0.25, 0.3) is 0 Å². The Labute approximate surface area is 165 Å². The predicted octanol–water partition coefficient (Wildman–Crippen LogP) is 0.267. The van der Waals surface area contributed by atoms with Crippen molar-refractivity contribution in [2.24, 2.45) is 0 Å². The molecule has 2 aromatic heterocycles. The first-order valence-corrected chi connectivity index (χ1v) is 11.1. The minimum absolute atomic E-state index is 0.0298. The molecule has 0 spiro atoms. The number of halogens is 1. The van der Waals surface area contributed by atoms with Crippen LogP contribution in [0.5, 0.6) is 0 Å². The Hall–Kier alpha value is -1.33. The molecule has 2 aliphatic heterocycles. The molecule has 2 unspecified atom stereocenters. The first-order chi connectivity index (χ1) is 13.2. The molecule has 4 rings (SSSR count). The van der Waals surface area contributed by atoms with Crippen LogP contribution in [0.4, 0.5) is 5.82 Å². The van der Waals surface area contributed by atoms with E-state index in [-0.39, 0.29) is 11.7 Å². The van der Waals surface area contributed by atoms with E-state index in [1.54, 1.807) is 0 Å². The van der Waals surface area contributed by atoms with E-state index in [9.17, 15) is 14.8 Å². The summed E-state index contributed by atoms with van der Waals surface area (Å²) in [7, 11) is -4.24. The van der Waals surface area contributed by atoms with Crippen molar-refractivity contribution in [3.63, 3.8) is 0 Å². The molecule has 28 heavy (non-hydrogen) atoms.